The van der Waals surface area contributed by atoms with Crippen LogP contribution in [0.1, 0.15) is 31.5 Å². The summed E-state index contributed by atoms with van der Waals surface area (Å²) in [7, 11) is 0. The Morgan fingerprint density at radius 3 is 2.55 bits per heavy atom. The summed E-state index contributed by atoms with van der Waals surface area (Å²) in [4.78, 5) is 0. The van der Waals surface area contributed by atoms with Crippen molar-refractivity contribution >= 4 is 0 Å². The molecule has 2 N–H and O–H groups in total. The summed E-state index contributed by atoms with van der Waals surface area (Å²) in [6.45, 7) is 7.00. The SMILES string of the molecule is Cc1[nH]nc(-c2ccc(OCCC(C)C)cc2)c1CO. The third kappa shape index (κ3) is 3.39. The summed E-state index contributed by atoms with van der Waals surface area (Å²) in [5.41, 5.74) is 3.53. The van der Waals surface area contributed by atoms with Crippen LogP contribution in [0.4, 0.5) is 0 Å². The van der Waals surface area contributed by atoms with Crippen molar-refractivity contribution in [2.24, 2.45) is 5.92 Å². The Balaban J connectivity index is 2.08. The Morgan fingerprint density at radius 2 is 1.95 bits per heavy atom. The molecular weight excluding hydrogens is 252 g/mol. The Kier molecular flexibility index (Phi) is 4.79. The lowest BCUT2D eigenvalue weighted by Crippen LogP contribution is -2.01. The molecule has 108 valence electrons. The van der Waals surface area contributed by atoms with Gasteiger partial charge in [-0.3, -0.25) is 5.10 Å². The quantitative estimate of drug-likeness (QED) is 0.849. The number of rotatable bonds is 6. The zero-order valence-electron chi connectivity index (χ0n) is 12.3. The Labute approximate surface area is 119 Å². The molecule has 0 aliphatic carbocycles. The Hall–Kier alpha value is -1.81. The van der Waals surface area contributed by atoms with Gasteiger partial charge in [0.25, 0.3) is 0 Å². The molecule has 1 heterocycles. The molecular formula is C16H22N2O2. The van der Waals surface area contributed by atoms with Gasteiger partial charge in [-0.05, 0) is 43.5 Å². The molecule has 4 nitrogen and oxygen atoms in total. The van der Waals surface area contributed by atoms with Crippen molar-refractivity contribution in [1.29, 1.82) is 0 Å². The topological polar surface area (TPSA) is 58.1 Å². The number of aryl methyl sites for hydroxylation is 1. The number of aromatic nitrogens is 2. The predicted octanol–water partition coefficient (Wildman–Crippen LogP) is 3.30. The molecule has 0 bridgehead atoms. The Morgan fingerprint density at radius 1 is 1.25 bits per heavy atom. The number of hydrogen-bond donors (Lipinski definition) is 2. The number of ether oxygens (including phenoxy) is 1. The summed E-state index contributed by atoms with van der Waals surface area (Å²) in [6, 6.07) is 7.83. The highest BCUT2D eigenvalue weighted by atomic mass is 16.5. The van der Waals surface area contributed by atoms with Gasteiger partial charge in [0.1, 0.15) is 5.75 Å². The van der Waals surface area contributed by atoms with E-state index >= 15 is 0 Å². The van der Waals surface area contributed by atoms with E-state index < -0.39 is 0 Å². The van der Waals surface area contributed by atoms with Crippen LogP contribution in [0.25, 0.3) is 11.3 Å². The fourth-order valence-corrected chi connectivity index (χ4v) is 2.01. The van der Waals surface area contributed by atoms with Gasteiger partial charge in [0.15, 0.2) is 0 Å². The van der Waals surface area contributed by atoms with Crippen molar-refractivity contribution in [3.63, 3.8) is 0 Å². The number of aliphatic hydroxyl groups is 1. The van der Waals surface area contributed by atoms with Crippen LogP contribution in [0.5, 0.6) is 5.75 Å². The fraction of sp³-hybridized carbons (Fsp3) is 0.438. The lowest BCUT2D eigenvalue weighted by atomic mass is 10.1. The van der Waals surface area contributed by atoms with Crippen LogP contribution in [0.2, 0.25) is 0 Å². The van der Waals surface area contributed by atoms with E-state index in [1.165, 1.54) is 0 Å². The molecule has 0 atom stereocenters. The first kappa shape index (κ1) is 14.6. The predicted molar refractivity (Wildman–Crippen MR) is 79.6 cm³/mol. The molecule has 2 rings (SSSR count). The standard InChI is InChI=1S/C16H22N2O2/c1-11(2)8-9-20-14-6-4-13(5-7-14)16-15(10-19)12(3)17-18-16/h4-7,11,19H,8-10H2,1-3H3,(H,17,18). The largest absolute Gasteiger partial charge is 0.494 e. The first-order valence-electron chi connectivity index (χ1n) is 6.99. The van der Waals surface area contributed by atoms with E-state index in [-0.39, 0.29) is 6.61 Å². The van der Waals surface area contributed by atoms with Gasteiger partial charge in [0.05, 0.1) is 18.9 Å². The second-order valence-electron chi connectivity index (χ2n) is 5.39. The lowest BCUT2D eigenvalue weighted by Gasteiger charge is -2.08. The van der Waals surface area contributed by atoms with E-state index in [0.717, 1.165) is 41.3 Å². The summed E-state index contributed by atoms with van der Waals surface area (Å²) in [6.07, 6.45) is 1.05. The highest BCUT2D eigenvalue weighted by molar-refractivity contribution is 5.64. The molecule has 20 heavy (non-hydrogen) atoms. The summed E-state index contributed by atoms with van der Waals surface area (Å²) >= 11 is 0. The van der Waals surface area contributed by atoms with Crippen LogP contribution in [0.3, 0.4) is 0 Å². The molecule has 2 aromatic rings. The summed E-state index contributed by atoms with van der Waals surface area (Å²) < 4.78 is 5.69. The van der Waals surface area contributed by atoms with Gasteiger partial charge < -0.3 is 9.84 Å². The molecule has 0 radical (unpaired) electrons. The molecule has 0 saturated carbocycles. The lowest BCUT2D eigenvalue weighted by molar-refractivity contribution is 0.281. The maximum Gasteiger partial charge on any atom is 0.119 e. The molecule has 1 aromatic heterocycles. The zero-order valence-corrected chi connectivity index (χ0v) is 12.3. The van der Waals surface area contributed by atoms with E-state index in [1.54, 1.807) is 0 Å². The molecule has 0 spiro atoms. The first-order valence-corrected chi connectivity index (χ1v) is 6.99. The third-order valence-electron chi connectivity index (χ3n) is 3.32. The van der Waals surface area contributed by atoms with Crippen LogP contribution in [0, 0.1) is 12.8 Å². The average molecular weight is 274 g/mol. The van der Waals surface area contributed by atoms with Crippen molar-refractivity contribution in [2.75, 3.05) is 6.61 Å². The van der Waals surface area contributed by atoms with Gasteiger partial charge in [-0.25, -0.2) is 0 Å². The van der Waals surface area contributed by atoms with Crippen LogP contribution < -0.4 is 4.74 Å². The van der Waals surface area contributed by atoms with Gasteiger partial charge >= 0.3 is 0 Å². The fourth-order valence-electron chi connectivity index (χ4n) is 2.01. The zero-order chi connectivity index (χ0) is 14.5. The summed E-state index contributed by atoms with van der Waals surface area (Å²) in [5, 5.41) is 16.5. The minimum absolute atomic E-state index is 0.00962. The number of aliphatic hydroxyl groups excluding tert-OH is 1. The molecule has 0 fully saturated rings. The minimum Gasteiger partial charge on any atom is -0.494 e. The molecule has 0 saturated heterocycles. The van der Waals surface area contributed by atoms with Crippen LogP contribution in [-0.4, -0.2) is 21.9 Å². The second-order valence-corrected chi connectivity index (χ2v) is 5.39. The van der Waals surface area contributed by atoms with Gasteiger partial charge in [0, 0.05) is 16.8 Å². The average Bonchev–Trinajstić information content (AvgIpc) is 2.80. The first-order chi connectivity index (χ1) is 9.61. The molecule has 4 heteroatoms. The summed E-state index contributed by atoms with van der Waals surface area (Å²) in [5.74, 6) is 1.51. The minimum atomic E-state index is -0.00962. The van der Waals surface area contributed by atoms with E-state index in [1.807, 2.05) is 31.2 Å². The van der Waals surface area contributed by atoms with E-state index in [4.69, 9.17) is 4.74 Å². The second kappa shape index (κ2) is 6.57. The highest BCUT2D eigenvalue weighted by Crippen LogP contribution is 2.25. The maximum absolute atomic E-state index is 9.39. The number of aromatic amines is 1. The van der Waals surface area contributed by atoms with E-state index in [0.29, 0.717) is 5.92 Å². The number of nitrogens with zero attached hydrogens (tertiary/aromatic N) is 1. The van der Waals surface area contributed by atoms with Crippen LogP contribution in [0.15, 0.2) is 24.3 Å². The van der Waals surface area contributed by atoms with Gasteiger partial charge in [-0.15, -0.1) is 0 Å². The van der Waals surface area contributed by atoms with Crippen molar-refractivity contribution < 1.29 is 9.84 Å². The number of hydrogen-bond acceptors (Lipinski definition) is 3. The van der Waals surface area contributed by atoms with E-state index in [2.05, 4.69) is 24.0 Å². The number of benzene rings is 1. The number of H-pyrrole nitrogens is 1. The van der Waals surface area contributed by atoms with Gasteiger partial charge in [-0.1, -0.05) is 13.8 Å². The third-order valence-corrected chi connectivity index (χ3v) is 3.32. The van der Waals surface area contributed by atoms with Crippen molar-refractivity contribution in [1.82, 2.24) is 10.2 Å². The normalized spacial score (nSPS) is 11.1. The highest BCUT2D eigenvalue weighted by Gasteiger charge is 2.11. The van der Waals surface area contributed by atoms with Crippen LogP contribution in [-0.2, 0) is 6.61 Å². The van der Waals surface area contributed by atoms with Crippen molar-refractivity contribution in [3.05, 3.63) is 35.5 Å². The molecule has 0 aliphatic heterocycles. The molecule has 0 aliphatic rings. The van der Waals surface area contributed by atoms with Gasteiger partial charge in [0.2, 0.25) is 0 Å². The van der Waals surface area contributed by atoms with Crippen molar-refractivity contribution in [3.8, 4) is 17.0 Å². The van der Waals surface area contributed by atoms with E-state index in [9.17, 15) is 5.11 Å². The Bertz CT molecular complexity index is 544. The van der Waals surface area contributed by atoms with Crippen LogP contribution >= 0.6 is 0 Å². The van der Waals surface area contributed by atoms with Crippen molar-refractivity contribution in [2.45, 2.75) is 33.8 Å². The van der Waals surface area contributed by atoms with Gasteiger partial charge in [-0.2, -0.15) is 5.10 Å². The number of nitrogens with one attached hydrogen (secondary N) is 1. The molecule has 0 amide bonds. The molecule has 1 aromatic carbocycles. The maximum atomic E-state index is 9.39. The smallest absolute Gasteiger partial charge is 0.119 e. The monoisotopic (exact) mass is 274 g/mol. The molecule has 0 unspecified atom stereocenters.